The van der Waals surface area contributed by atoms with Crippen molar-refractivity contribution in [1.29, 1.82) is 0 Å². The minimum Gasteiger partial charge on any atom is -0.310 e. The number of rotatable bonds is 7. The summed E-state index contributed by atoms with van der Waals surface area (Å²) in [7, 11) is 0. The second-order valence-electron chi connectivity index (χ2n) is 12.4. The van der Waals surface area contributed by atoms with Gasteiger partial charge in [0.2, 0.25) is 0 Å². The number of nitrogens with zero attached hydrogens (tertiary/aromatic N) is 2. The zero-order valence-electron chi connectivity index (χ0n) is 27.2. The van der Waals surface area contributed by atoms with Crippen LogP contribution in [-0.2, 0) is 0 Å². The third-order valence-corrected chi connectivity index (χ3v) is 9.40. The van der Waals surface area contributed by atoms with Crippen molar-refractivity contribution < 1.29 is 0 Å². The van der Waals surface area contributed by atoms with Gasteiger partial charge in [-0.15, -0.1) is 0 Å². The molecule has 0 fully saturated rings. The van der Waals surface area contributed by atoms with Crippen LogP contribution in [0.15, 0.2) is 182 Å². The van der Waals surface area contributed by atoms with Gasteiger partial charge in [-0.1, -0.05) is 115 Å². The molecule has 8 aromatic rings. The molecule has 0 amide bonds. The summed E-state index contributed by atoms with van der Waals surface area (Å²) in [4.78, 5) is 4.70. The Labute approximate surface area is 282 Å². The van der Waals surface area contributed by atoms with Crippen LogP contribution in [0.1, 0.15) is 11.1 Å². The van der Waals surface area contributed by atoms with E-state index >= 15 is 0 Å². The van der Waals surface area contributed by atoms with Gasteiger partial charge in [0.25, 0.3) is 0 Å². The average Bonchev–Trinajstić information content (AvgIpc) is 3.14. The highest BCUT2D eigenvalue weighted by molar-refractivity contribution is 5.91. The fourth-order valence-electron chi connectivity index (χ4n) is 6.67. The molecule has 0 aliphatic rings. The molecule has 0 radical (unpaired) electrons. The third-order valence-electron chi connectivity index (χ3n) is 9.40. The van der Waals surface area contributed by atoms with Crippen LogP contribution >= 0.6 is 0 Å². The van der Waals surface area contributed by atoms with Crippen molar-refractivity contribution in [3.63, 3.8) is 0 Å². The Morgan fingerprint density at radius 1 is 0.312 bits per heavy atom. The lowest BCUT2D eigenvalue weighted by molar-refractivity contribution is 1.23. The zero-order valence-corrected chi connectivity index (χ0v) is 27.2. The van der Waals surface area contributed by atoms with Gasteiger partial charge in [-0.2, -0.15) is 0 Å². The van der Waals surface area contributed by atoms with Gasteiger partial charge in [0.1, 0.15) is 0 Å². The lowest BCUT2D eigenvalue weighted by atomic mass is 10.0. The molecule has 0 aliphatic carbocycles. The molecule has 0 aromatic heterocycles. The molecule has 8 aromatic carbocycles. The first-order valence-electron chi connectivity index (χ1n) is 16.5. The molecular formula is C46H36N2. The second-order valence-corrected chi connectivity index (χ2v) is 12.4. The van der Waals surface area contributed by atoms with E-state index in [0.29, 0.717) is 0 Å². The topological polar surface area (TPSA) is 6.48 Å². The maximum absolute atomic E-state index is 2.38. The molecular weight excluding hydrogens is 581 g/mol. The summed E-state index contributed by atoms with van der Waals surface area (Å²) >= 11 is 0. The summed E-state index contributed by atoms with van der Waals surface area (Å²) in [5.74, 6) is 0. The molecule has 48 heavy (non-hydrogen) atoms. The van der Waals surface area contributed by atoms with Gasteiger partial charge in [-0.25, -0.2) is 0 Å². The van der Waals surface area contributed by atoms with Crippen molar-refractivity contribution in [2.24, 2.45) is 0 Å². The molecule has 0 atom stereocenters. The van der Waals surface area contributed by atoms with E-state index in [1.54, 1.807) is 0 Å². The number of fused-ring (bicyclic) bond motifs is 2. The number of aryl methyl sites for hydroxylation is 1. The van der Waals surface area contributed by atoms with Gasteiger partial charge in [-0.3, -0.25) is 0 Å². The maximum Gasteiger partial charge on any atom is 0.0493 e. The smallest absolute Gasteiger partial charge is 0.0493 e. The molecule has 0 bridgehead atoms. The van der Waals surface area contributed by atoms with E-state index in [-0.39, 0.29) is 0 Å². The predicted octanol–water partition coefficient (Wildman–Crippen LogP) is 13.2. The number of hydrogen-bond donors (Lipinski definition) is 0. The second kappa shape index (κ2) is 12.6. The van der Waals surface area contributed by atoms with Gasteiger partial charge in [0.15, 0.2) is 0 Å². The number of hydrogen-bond acceptors (Lipinski definition) is 2. The van der Waals surface area contributed by atoms with Crippen molar-refractivity contribution in [3.8, 4) is 11.1 Å². The first-order valence-corrected chi connectivity index (χ1v) is 16.5. The van der Waals surface area contributed by atoms with Crippen molar-refractivity contribution in [1.82, 2.24) is 0 Å². The molecule has 230 valence electrons. The first kappa shape index (κ1) is 29.3. The standard InChI is InChI=1S/C46H36N2/c1-33-11-10-18-46(34(33)2)48(45-30-24-36-13-7-9-15-40(36)32-45)43-27-21-38(22-28-43)37-19-25-42(26-20-37)47(41-16-4-3-5-17-41)44-29-23-35-12-6-8-14-39(35)31-44/h3-32H,1-2H3. The van der Waals surface area contributed by atoms with E-state index in [1.165, 1.54) is 49.5 Å². The quantitative estimate of drug-likeness (QED) is 0.176. The van der Waals surface area contributed by atoms with Crippen molar-refractivity contribution >= 4 is 55.7 Å². The maximum atomic E-state index is 2.38. The predicted molar refractivity (Wildman–Crippen MR) is 206 cm³/mol. The Hall–Kier alpha value is -6.12. The third kappa shape index (κ3) is 5.59. The molecule has 0 heterocycles. The minimum atomic E-state index is 1.12. The van der Waals surface area contributed by atoms with Crippen LogP contribution in [0.4, 0.5) is 34.1 Å². The molecule has 0 N–H and O–H groups in total. The fraction of sp³-hybridized carbons (Fsp3) is 0.0435. The Balaban J connectivity index is 1.15. The molecule has 0 unspecified atom stereocenters. The molecule has 0 saturated carbocycles. The molecule has 0 spiro atoms. The van der Waals surface area contributed by atoms with Gasteiger partial charge < -0.3 is 9.80 Å². The number of benzene rings is 8. The highest BCUT2D eigenvalue weighted by Crippen LogP contribution is 2.40. The number of anilines is 6. The van der Waals surface area contributed by atoms with Crippen LogP contribution in [0.2, 0.25) is 0 Å². The van der Waals surface area contributed by atoms with E-state index < -0.39 is 0 Å². The van der Waals surface area contributed by atoms with Crippen molar-refractivity contribution in [2.45, 2.75) is 13.8 Å². The van der Waals surface area contributed by atoms with Crippen LogP contribution < -0.4 is 9.80 Å². The van der Waals surface area contributed by atoms with E-state index in [9.17, 15) is 0 Å². The first-order chi connectivity index (χ1) is 23.6. The van der Waals surface area contributed by atoms with Crippen molar-refractivity contribution in [3.05, 3.63) is 193 Å². The van der Waals surface area contributed by atoms with E-state index in [2.05, 4.69) is 206 Å². The molecule has 0 aliphatic heterocycles. The summed E-state index contributed by atoms with van der Waals surface area (Å²) in [6.07, 6.45) is 0. The van der Waals surface area contributed by atoms with E-state index in [0.717, 1.165) is 28.4 Å². The SMILES string of the molecule is Cc1cccc(N(c2ccc(-c3ccc(N(c4ccccc4)c4ccc5ccccc5c4)cc3)cc2)c2ccc3ccccc3c2)c1C. The summed E-state index contributed by atoms with van der Waals surface area (Å²) < 4.78 is 0. The Bertz CT molecular complexity index is 2360. The van der Waals surface area contributed by atoms with Crippen LogP contribution in [-0.4, -0.2) is 0 Å². The van der Waals surface area contributed by atoms with Gasteiger partial charge in [0.05, 0.1) is 0 Å². The lowest BCUT2D eigenvalue weighted by Gasteiger charge is -2.28. The minimum absolute atomic E-state index is 1.12. The zero-order chi connectivity index (χ0) is 32.5. The molecule has 2 nitrogen and oxygen atoms in total. The fourth-order valence-corrected chi connectivity index (χ4v) is 6.67. The summed E-state index contributed by atoms with van der Waals surface area (Å²) in [6, 6.07) is 65.5. The molecule has 0 saturated heterocycles. The lowest BCUT2D eigenvalue weighted by Crippen LogP contribution is -2.11. The summed E-state index contributed by atoms with van der Waals surface area (Å²) in [6.45, 7) is 4.40. The Morgan fingerprint density at radius 3 is 1.31 bits per heavy atom. The van der Waals surface area contributed by atoms with Crippen LogP contribution in [0, 0.1) is 13.8 Å². The van der Waals surface area contributed by atoms with Gasteiger partial charge in [0, 0.05) is 34.1 Å². The van der Waals surface area contributed by atoms with E-state index in [4.69, 9.17) is 0 Å². The normalized spacial score (nSPS) is 11.1. The van der Waals surface area contributed by atoms with Gasteiger partial charge in [-0.05, 0) is 124 Å². The van der Waals surface area contributed by atoms with Crippen LogP contribution in [0.5, 0.6) is 0 Å². The Morgan fingerprint density at radius 2 is 0.750 bits per heavy atom. The number of para-hydroxylation sites is 1. The highest BCUT2D eigenvalue weighted by atomic mass is 15.1. The van der Waals surface area contributed by atoms with Crippen molar-refractivity contribution in [2.75, 3.05) is 9.80 Å². The van der Waals surface area contributed by atoms with Crippen LogP contribution in [0.3, 0.4) is 0 Å². The molecule has 8 rings (SSSR count). The van der Waals surface area contributed by atoms with Gasteiger partial charge >= 0.3 is 0 Å². The largest absolute Gasteiger partial charge is 0.310 e. The Kier molecular flexibility index (Phi) is 7.68. The monoisotopic (exact) mass is 616 g/mol. The highest BCUT2D eigenvalue weighted by Gasteiger charge is 2.17. The summed E-state index contributed by atoms with van der Waals surface area (Å²) in [5, 5.41) is 4.94. The molecule has 2 heteroatoms. The summed E-state index contributed by atoms with van der Waals surface area (Å²) in [5.41, 5.74) is 11.8. The van der Waals surface area contributed by atoms with E-state index in [1.807, 2.05) is 0 Å². The van der Waals surface area contributed by atoms with Crippen LogP contribution in [0.25, 0.3) is 32.7 Å². The average molecular weight is 617 g/mol.